The van der Waals surface area contributed by atoms with Crippen molar-refractivity contribution in [2.45, 2.75) is 39.4 Å². The third kappa shape index (κ3) is 5.86. The molecule has 0 bridgehead atoms. The molecule has 1 fully saturated rings. The molecule has 1 aromatic rings. The number of hydrogen-bond donors (Lipinski definition) is 0. The summed E-state index contributed by atoms with van der Waals surface area (Å²) in [6, 6.07) is 5.31. The second-order valence-electron chi connectivity index (χ2n) is 5.69. The molecule has 0 spiro atoms. The van der Waals surface area contributed by atoms with Crippen LogP contribution in [0.1, 0.15) is 37.8 Å². The molecule has 3 nitrogen and oxygen atoms in total. The Balaban J connectivity index is 0.00000264. The summed E-state index contributed by atoms with van der Waals surface area (Å²) in [5.41, 5.74) is 0.257. The van der Waals surface area contributed by atoms with Gasteiger partial charge in [-0.15, -0.1) is 0 Å². The first kappa shape index (κ1) is 19.5. The van der Waals surface area contributed by atoms with Gasteiger partial charge in [0.25, 0.3) is 0 Å². The summed E-state index contributed by atoms with van der Waals surface area (Å²) in [5, 5.41) is 0. The molecule has 0 amide bonds. The predicted molar refractivity (Wildman–Crippen MR) is 82.8 cm³/mol. The smallest absolute Gasteiger partial charge is 0.416 e. The third-order valence-electron chi connectivity index (χ3n) is 4.08. The van der Waals surface area contributed by atoms with E-state index in [-0.39, 0.29) is 13.4 Å². The molecule has 23 heavy (non-hydrogen) atoms. The van der Waals surface area contributed by atoms with Crippen LogP contribution in [0.3, 0.4) is 0 Å². The normalized spacial score (nSPS) is 16.7. The SMILES string of the molecule is C.COC(=O)CC1CCN(Cc2ccc(C(F)(F)F)cc2)CC1. The minimum atomic E-state index is -4.29. The van der Waals surface area contributed by atoms with Crippen molar-refractivity contribution in [1.82, 2.24) is 4.90 Å². The predicted octanol–water partition coefficient (Wildman–Crippen LogP) is 4.12. The Morgan fingerprint density at radius 3 is 2.26 bits per heavy atom. The second kappa shape index (κ2) is 8.34. The van der Waals surface area contributed by atoms with Crippen molar-refractivity contribution in [3.63, 3.8) is 0 Å². The largest absolute Gasteiger partial charge is 0.469 e. The lowest BCUT2D eigenvalue weighted by molar-refractivity contribution is -0.142. The lowest BCUT2D eigenvalue weighted by atomic mass is 9.93. The molecule has 0 radical (unpaired) electrons. The molecule has 0 atom stereocenters. The number of benzene rings is 1. The fraction of sp³-hybridized carbons (Fsp3) is 0.588. The van der Waals surface area contributed by atoms with E-state index in [9.17, 15) is 18.0 Å². The number of methoxy groups -OCH3 is 1. The van der Waals surface area contributed by atoms with Crippen LogP contribution in [0, 0.1) is 5.92 Å². The monoisotopic (exact) mass is 331 g/mol. The van der Waals surface area contributed by atoms with Gasteiger partial charge in [-0.05, 0) is 49.5 Å². The summed E-state index contributed by atoms with van der Waals surface area (Å²) < 4.78 is 42.2. The van der Waals surface area contributed by atoms with Gasteiger partial charge in [-0.25, -0.2) is 0 Å². The van der Waals surface area contributed by atoms with Crippen LogP contribution < -0.4 is 0 Å². The van der Waals surface area contributed by atoms with Crippen LogP contribution in [-0.2, 0) is 22.3 Å². The maximum Gasteiger partial charge on any atom is 0.416 e. The number of likely N-dealkylation sites (tertiary alicyclic amines) is 1. The highest BCUT2D eigenvalue weighted by Gasteiger charge is 2.30. The average molecular weight is 331 g/mol. The average Bonchev–Trinajstić information content (AvgIpc) is 2.49. The zero-order valence-electron chi connectivity index (χ0n) is 12.5. The van der Waals surface area contributed by atoms with Crippen molar-refractivity contribution < 1.29 is 22.7 Å². The van der Waals surface area contributed by atoms with Gasteiger partial charge in [0, 0.05) is 13.0 Å². The molecule has 2 rings (SSSR count). The number of rotatable bonds is 4. The summed E-state index contributed by atoms with van der Waals surface area (Å²) in [6.07, 6.45) is -2.01. The number of hydrogen-bond acceptors (Lipinski definition) is 3. The van der Waals surface area contributed by atoms with Gasteiger partial charge in [0.1, 0.15) is 0 Å². The molecule has 6 heteroatoms. The number of esters is 1. The molecule has 1 aromatic carbocycles. The van der Waals surface area contributed by atoms with Crippen molar-refractivity contribution in [3.05, 3.63) is 35.4 Å². The lowest BCUT2D eigenvalue weighted by Gasteiger charge is -2.31. The van der Waals surface area contributed by atoms with Crippen LogP contribution in [0.5, 0.6) is 0 Å². The van der Waals surface area contributed by atoms with Crippen molar-refractivity contribution >= 4 is 5.97 Å². The van der Waals surface area contributed by atoms with Crippen LogP contribution in [-0.4, -0.2) is 31.1 Å². The summed E-state index contributed by atoms with van der Waals surface area (Å²) in [6.45, 7) is 2.34. The number of halogens is 3. The second-order valence-corrected chi connectivity index (χ2v) is 5.69. The number of carbonyl (C=O) groups is 1. The van der Waals surface area contributed by atoms with Gasteiger partial charge in [-0.1, -0.05) is 19.6 Å². The maximum absolute atomic E-state index is 12.5. The Labute approximate surface area is 135 Å². The Kier molecular flexibility index (Phi) is 7.06. The first-order valence-corrected chi connectivity index (χ1v) is 7.34. The van der Waals surface area contributed by atoms with Crippen LogP contribution in [0.4, 0.5) is 13.2 Å². The van der Waals surface area contributed by atoms with Crippen LogP contribution in [0.25, 0.3) is 0 Å². The number of ether oxygens (including phenoxy) is 1. The molecule has 130 valence electrons. The Morgan fingerprint density at radius 1 is 1.22 bits per heavy atom. The van der Waals surface area contributed by atoms with Gasteiger partial charge in [0.15, 0.2) is 0 Å². The van der Waals surface area contributed by atoms with E-state index in [4.69, 9.17) is 0 Å². The molecule has 1 heterocycles. The molecule has 0 aliphatic carbocycles. The maximum atomic E-state index is 12.5. The summed E-state index contributed by atoms with van der Waals surface area (Å²) in [7, 11) is 1.39. The van der Waals surface area contributed by atoms with Gasteiger partial charge in [0.05, 0.1) is 12.7 Å². The fourth-order valence-electron chi connectivity index (χ4n) is 2.73. The number of nitrogens with zero attached hydrogens (tertiary/aromatic N) is 1. The quantitative estimate of drug-likeness (QED) is 0.778. The Bertz CT molecular complexity index is 492. The van der Waals surface area contributed by atoms with Crippen LogP contribution >= 0.6 is 0 Å². The van der Waals surface area contributed by atoms with E-state index >= 15 is 0 Å². The van der Waals surface area contributed by atoms with E-state index in [1.54, 1.807) is 0 Å². The van der Waals surface area contributed by atoms with Gasteiger partial charge in [-0.3, -0.25) is 9.69 Å². The Morgan fingerprint density at radius 2 is 1.78 bits per heavy atom. The number of carbonyl (C=O) groups excluding carboxylic acids is 1. The molecular formula is C17H24F3NO2. The Hall–Kier alpha value is -1.56. The van der Waals surface area contributed by atoms with Crippen molar-refractivity contribution in [2.75, 3.05) is 20.2 Å². The van der Waals surface area contributed by atoms with Crippen molar-refractivity contribution in [3.8, 4) is 0 Å². The third-order valence-corrected chi connectivity index (χ3v) is 4.08. The first-order chi connectivity index (χ1) is 10.4. The van der Waals surface area contributed by atoms with Gasteiger partial charge < -0.3 is 4.74 Å². The minimum absolute atomic E-state index is 0. The molecular weight excluding hydrogens is 307 g/mol. The molecule has 0 unspecified atom stereocenters. The summed E-state index contributed by atoms with van der Waals surface area (Å²) >= 11 is 0. The summed E-state index contributed by atoms with van der Waals surface area (Å²) in [5.74, 6) is 0.164. The summed E-state index contributed by atoms with van der Waals surface area (Å²) in [4.78, 5) is 13.4. The van der Waals surface area contributed by atoms with E-state index in [0.717, 1.165) is 43.6 Å². The van der Waals surface area contributed by atoms with Gasteiger partial charge in [0.2, 0.25) is 0 Å². The van der Waals surface area contributed by atoms with Crippen molar-refractivity contribution in [1.29, 1.82) is 0 Å². The first-order valence-electron chi connectivity index (χ1n) is 7.34. The van der Waals surface area contributed by atoms with E-state index in [1.807, 2.05) is 0 Å². The highest BCUT2D eigenvalue weighted by molar-refractivity contribution is 5.69. The van der Waals surface area contributed by atoms with E-state index in [0.29, 0.717) is 18.9 Å². The van der Waals surface area contributed by atoms with E-state index < -0.39 is 11.7 Å². The number of piperidine rings is 1. The lowest BCUT2D eigenvalue weighted by Crippen LogP contribution is -2.34. The molecule has 0 aromatic heterocycles. The topological polar surface area (TPSA) is 29.5 Å². The zero-order valence-corrected chi connectivity index (χ0v) is 12.5. The van der Waals surface area contributed by atoms with Gasteiger partial charge >= 0.3 is 12.1 Å². The van der Waals surface area contributed by atoms with Crippen molar-refractivity contribution in [2.24, 2.45) is 5.92 Å². The fourth-order valence-corrected chi connectivity index (χ4v) is 2.73. The molecule has 0 saturated carbocycles. The van der Waals surface area contributed by atoms with Crippen LogP contribution in [0.2, 0.25) is 0 Å². The minimum Gasteiger partial charge on any atom is -0.469 e. The van der Waals surface area contributed by atoms with Crippen LogP contribution in [0.15, 0.2) is 24.3 Å². The molecule has 1 aliphatic heterocycles. The molecule has 1 saturated heterocycles. The van der Waals surface area contributed by atoms with Gasteiger partial charge in [-0.2, -0.15) is 13.2 Å². The highest BCUT2D eigenvalue weighted by atomic mass is 19.4. The number of alkyl halides is 3. The van der Waals surface area contributed by atoms with E-state index in [2.05, 4.69) is 9.64 Å². The molecule has 1 aliphatic rings. The standard InChI is InChI=1S/C16H20F3NO2.CH4/c1-22-15(21)10-12-6-8-20(9-7-12)11-13-2-4-14(5-3-13)16(17,18)19;/h2-5,12H,6-11H2,1H3;1H4. The zero-order chi connectivity index (χ0) is 16.2. The van der Waals surface area contributed by atoms with E-state index in [1.165, 1.54) is 19.2 Å². The highest BCUT2D eigenvalue weighted by Crippen LogP contribution is 2.29. The molecule has 0 N–H and O–H groups in total.